The maximum atomic E-state index is 5.82. The molecule has 0 aromatic heterocycles. The Bertz CT molecular complexity index is 251. The van der Waals surface area contributed by atoms with Crippen LogP contribution >= 0.6 is 0 Å². The summed E-state index contributed by atoms with van der Waals surface area (Å²) in [6, 6.07) is 0. The molecule has 72 valence electrons. The third kappa shape index (κ3) is 1.14. The van der Waals surface area contributed by atoms with Gasteiger partial charge in [0.25, 0.3) is 0 Å². The molecule has 0 amide bonds. The van der Waals surface area contributed by atoms with E-state index in [1.54, 1.807) is 0 Å². The van der Waals surface area contributed by atoms with Crippen LogP contribution in [-0.4, -0.2) is 29.5 Å². The van der Waals surface area contributed by atoms with Gasteiger partial charge in [0.15, 0.2) is 5.96 Å². The second kappa shape index (κ2) is 2.76. The normalized spacial score (nSPS) is 37.5. The lowest BCUT2D eigenvalue weighted by Gasteiger charge is -2.49. The van der Waals surface area contributed by atoms with E-state index in [0.29, 0.717) is 5.96 Å². The van der Waals surface area contributed by atoms with Crippen molar-refractivity contribution in [3.8, 4) is 0 Å². The quantitative estimate of drug-likeness (QED) is 0.642. The van der Waals surface area contributed by atoms with Crippen LogP contribution in [0.25, 0.3) is 0 Å². The van der Waals surface area contributed by atoms with Gasteiger partial charge in [-0.25, -0.2) is 0 Å². The lowest BCUT2D eigenvalue weighted by molar-refractivity contribution is 0.0583. The molecule has 0 atom stereocenters. The summed E-state index contributed by atoms with van der Waals surface area (Å²) in [4.78, 5) is 6.53. The number of hydrogen-bond donors (Lipinski definition) is 1. The van der Waals surface area contributed by atoms with E-state index in [-0.39, 0.29) is 5.54 Å². The van der Waals surface area contributed by atoms with Gasteiger partial charge in [-0.2, -0.15) is 0 Å². The SMILES string of the molecule is C=CCN1C(N)=NCC12CC(C)C2. The highest BCUT2D eigenvalue weighted by atomic mass is 15.4. The van der Waals surface area contributed by atoms with Crippen LogP contribution in [0.2, 0.25) is 0 Å². The summed E-state index contributed by atoms with van der Waals surface area (Å²) in [6.07, 6.45) is 4.36. The number of nitrogens with zero attached hydrogens (tertiary/aromatic N) is 2. The molecule has 0 bridgehead atoms. The number of rotatable bonds is 2. The van der Waals surface area contributed by atoms with Crippen LogP contribution in [0.15, 0.2) is 17.6 Å². The maximum absolute atomic E-state index is 5.82. The smallest absolute Gasteiger partial charge is 0.192 e. The number of hydrogen-bond acceptors (Lipinski definition) is 3. The fourth-order valence-electron chi connectivity index (χ4n) is 2.65. The molecule has 1 spiro atoms. The molecule has 1 heterocycles. The summed E-state index contributed by atoms with van der Waals surface area (Å²) < 4.78 is 0. The third-order valence-electron chi connectivity index (χ3n) is 3.15. The average Bonchev–Trinajstić information content (AvgIpc) is 2.33. The maximum Gasteiger partial charge on any atom is 0.192 e. The Morgan fingerprint density at radius 2 is 2.46 bits per heavy atom. The highest BCUT2D eigenvalue weighted by molar-refractivity contribution is 5.81. The molecular weight excluding hydrogens is 162 g/mol. The molecule has 0 aromatic rings. The van der Waals surface area contributed by atoms with E-state index < -0.39 is 0 Å². The van der Waals surface area contributed by atoms with Gasteiger partial charge in [0.1, 0.15) is 0 Å². The molecule has 2 N–H and O–H groups in total. The van der Waals surface area contributed by atoms with Crippen LogP contribution in [0.1, 0.15) is 19.8 Å². The van der Waals surface area contributed by atoms with E-state index in [4.69, 9.17) is 5.73 Å². The van der Waals surface area contributed by atoms with Crippen LogP contribution in [0.4, 0.5) is 0 Å². The van der Waals surface area contributed by atoms with Crippen LogP contribution in [0, 0.1) is 5.92 Å². The molecular formula is C10H17N3. The van der Waals surface area contributed by atoms with Gasteiger partial charge >= 0.3 is 0 Å². The zero-order chi connectivity index (χ0) is 9.47. The molecule has 0 unspecified atom stereocenters. The van der Waals surface area contributed by atoms with Crippen molar-refractivity contribution in [1.29, 1.82) is 0 Å². The minimum Gasteiger partial charge on any atom is -0.370 e. The van der Waals surface area contributed by atoms with E-state index in [0.717, 1.165) is 19.0 Å². The van der Waals surface area contributed by atoms with E-state index >= 15 is 0 Å². The minimum absolute atomic E-state index is 0.262. The largest absolute Gasteiger partial charge is 0.370 e. The standard InChI is InChI=1S/C10H17N3/c1-3-4-13-9(11)12-7-10(13)5-8(2)6-10/h3,8H,1,4-7H2,2H3,(H2,11,12). The number of guanidine groups is 1. The zero-order valence-corrected chi connectivity index (χ0v) is 8.16. The Balaban J connectivity index is 2.10. The average molecular weight is 179 g/mol. The van der Waals surface area contributed by atoms with E-state index in [2.05, 4.69) is 23.4 Å². The topological polar surface area (TPSA) is 41.6 Å². The summed E-state index contributed by atoms with van der Waals surface area (Å²) in [7, 11) is 0. The summed E-state index contributed by atoms with van der Waals surface area (Å²) in [6.45, 7) is 7.75. The van der Waals surface area contributed by atoms with E-state index in [9.17, 15) is 0 Å². The molecule has 0 radical (unpaired) electrons. The Morgan fingerprint density at radius 3 is 3.00 bits per heavy atom. The lowest BCUT2D eigenvalue weighted by atomic mass is 9.68. The molecule has 2 rings (SSSR count). The Morgan fingerprint density at radius 1 is 1.77 bits per heavy atom. The van der Waals surface area contributed by atoms with Crippen molar-refractivity contribution in [1.82, 2.24) is 4.90 Å². The van der Waals surface area contributed by atoms with Crippen molar-refractivity contribution in [2.45, 2.75) is 25.3 Å². The van der Waals surface area contributed by atoms with Gasteiger partial charge < -0.3 is 10.6 Å². The molecule has 1 aliphatic heterocycles. The molecule has 0 aromatic carbocycles. The van der Waals surface area contributed by atoms with Crippen LogP contribution in [0.3, 0.4) is 0 Å². The first-order chi connectivity index (χ1) is 6.18. The molecule has 0 saturated heterocycles. The van der Waals surface area contributed by atoms with Gasteiger partial charge in [0.05, 0.1) is 12.1 Å². The zero-order valence-electron chi connectivity index (χ0n) is 8.16. The molecule has 1 fully saturated rings. The van der Waals surface area contributed by atoms with Gasteiger partial charge in [-0.05, 0) is 18.8 Å². The first-order valence-corrected chi connectivity index (χ1v) is 4.86. The van der Waals surface area contributed by atoms with Gasteiger partial charge in [-0.1, -0.05) is 13.0 Å². The fourth-order valence-corrected chi connectivity index (χ4v) is 2.65. The van der Waals surface area contributed by atoms with Crippen LogP contribution in [0.5, 0.6) is 0 Å². The second-order valence-electron chi connectivity index (χ2n) is 4.31. The highest BCUT2D eigenvalue weighted by Crippen LogP contribution is 2.44. The van der Waals surface area contributed by atoms with Crippen molar-refractivity contribution >= 4 is 5.96 Å². The summed E-state index contributed by atoms with van der Waals surface area (Å²) in [5.41, 5.74) is 6.09. The Hall–Kier alpha value is -0.990. The molecule has 3 nitrogen and oxygen atoms in total. The van der Waals surface area contributed by atoms with E-state index in [1.807, 2.05) is 6.08 Å². The van der Waals surface area contributed by atoms with E-state index in [1.165, 1.54) is 12.8 Å². The molecule has 3 heteroatoms. The van der Waals surface area contributed by atoms with Crippen molar-refractivity contribution in [2.75, 3.05) is 13.1 Å². The molecule has 2 aliphatic rings. The van der Waals surface area contributed by atoms with Crippen molar-refractivity contribution in [3.63, 3.8) is 0 Å². The van der Waals surface area contributed by atoms with Gasteiger partial charge in [0.2, 0.25) is 0 Å². The minimum atomic E-state index is 0.262. The fraction of sp³-hybridized carbons (Fsp3) is 0.700. The summed E-state index contributed by atoms with van der Waals surface area (Å²) in [5, 5.41) is 0. The summed E-state index contributed by atoms with van der Waals surface area (Å²) in [5.74, 6) is 1.53. The summed E-state index contributed by atoms with van der Waals surface area (Å²) >= 11 is 0. The van der Waals surface area contributed by atoms with Crippen molar-refractivity contribution in [2.24, 2.45) is 16.6 Å². The molecule has 13 heavy (non-hydrogen) atoms. The molecule has 1 aliphatic carbocycles. The molecule has 1 saturated carbocycles. The van der Waals surface area contributed by atoms with Crippen LogP contribution in [-0.2, 0) is 0 Å². The van der Waals surface area contributed by atoms with Gasteiger partial charge in [-0.3, -0.25) is 4.99 Å². The Labute approximate surface area is 79.3 Å². The Kier molecular flexibility index (Phi) is 1.82. The van der Waals surface area contributed by atoms with Crippen molar-refractivity contribution in [3.05, 3.63) is 12.7 Å². The lowest BCUT2D eigenvalue weighted by Crippen LogP contribution is -2.58. The van der Waals surface area contributed by atoms with Crippen molar-refractivity contribution < 1.29 is 0 Å². The first kappa shape index (κ1) is 8.60. The number of aliphatic imine (C=N–C) groups is 1. The highest BCUT2D eigenvalue weighted by Gasteiger charge is 2.49. The first-order valence-electron chi connectivity index (χ1n) is 4.86. The third-order valence-corrected chi connectivity index (χ3v) is 3.15. The van der Waals surface area contributed by atoms with Crippen LogP contribution < -0.4 is 5.73 Å². The monoisotopic (exact) mass is 179 g/mol. The predicted octanol–water partition coefficient (Wildman–Crippen LogP) is 0.971. The number of nitrogens with two attached hydrogens (primary N) is 1. The predicted molar refractivity (Wildman–Crippen MR) is 54.5 cm³/mol. The second-order valence-corrected chi connectivity index (χ2v) is 4.31. The van der Waals surface area contributed by atoms with Gasteiger partial charge in [-0.15, -0.1) is 6.58 Å². The van der Waals surface area contributed by atoms with Gasteiger partial charge in [0, 0.05) is 6.54 Å².